The second-order valence-electron chi connectivity index (χ2n) is 19.0. The van der Waals surface area contributed by atoms with Crippen LogP contribution in [-0.4, -0.2) is 98.7 Å². The van der Waals surface area contributed by atoms with E-state index in [9.17, 15) is 9.59 Å². The molecule has 4 bridgehead atoms. The minimum Gasteiger partial charge on any atom is -0.497 e. The lowest BCUT2D eigenvalue weighted by molar-refractivity contribution is -0.0902. The van der Waals surface area contributed by atoms with Gasteiger partial charge in [0.25, 0.3) is 0 Å². The smallest absolute Gasteiger partial charge is 0.405 e. The van der Waals surface area contributed by atoms with Crippen LogP contribution in [0.3, 0.4) is 0 Å². The molecule has 6 saturated heterocycles. The average molecular weight is 945 g/mol. The highest BCUT2D eigenvalue weighted by Crippen LogP contribution is 2.55. The summed E-state index contributed by atoms with van der Waals surface area (Å²) in [6.07, 6.45) is 9.12. The monoisotopic (exact) mass is 944 g/mol. The van der Waals surface area contributed by atoms with Gasteiger partial charge in [-0.05, 0) is 134 Å². The highest BCUT2D eigenvalue weighted by Gasteiger charge is 2.57. The molecular formula is C56H60N6O8. The maximum Gasteiger partial charge on any atom is 0.405 e. The third-order valence-corrected chi connectivity index (χ3v) is 15.9. The summed E-state index contributed by atoms with van der Waals surface area (Å²) in [7, 11) is 6.47. The van der Waals surface area contributed by atoms with Crippen LogP contribution in [-0.2, 0) is 20.7 Å². The molecule has 2 amide bonds. The van der Waals surface area contributed by atoms with Gasteiger partial charge in [0.2, 0.25) is 0 Å². The zero-order chi connectivity index (χ0) is 48.9. The number of hydrogen-bond donors (Lipinski definition) is 2. The number of piperidine rings is 6. The largest absolute Gasteiger partial charge is 0.497 e. The molecule has 2 aromatic heterocycles. The van der Waals surface area contributed by atoms with E-state index in [4.69, 9.17) is 49.9 Å². The Bertz CT molecular complexity index is 2820. The van der Waals surface area contributed by atoms with Crippen molar-refractivity contribution in [3.63, 3.8) is 0 Å². The van der Waals surface area contributed by atoms with Gasteiger partial charge in [-0.2, -0.15) is 0 Å². The lowest BCUT2D eigenvalue weighted by Gasteiger charge is -2.55. The fourth-order valence-electron chi connectivity index (χ4n) is 12.7. The lowest BCUT2D eigenvalue weighted by atomic mass is 9.66. The summed E-state index contributed by atoms with van der Waals surface area (Å²) >= 11 is 0. The first-order valence-electron chi connectivity index (χ1n) is 23.9. The van der Waals surface area contributed by atoms with E-state index in [2.05, 4.69) is 23.0 Å². The van der Waals surface area contributed by atoms with Gasteiger partial charge in [-0.15, -0.1) is 13.2 Å². The molecule has 70 heavy (non-hydrogen) atoms. The third kappa shape index (κ3) is 7.64. The minimum absolute atomic E-state index is 0.287. The van der Waals surface area contributed by atoms with E-state index in [0.29, 0.717) is 81.0 Å². The van der Waals surface area contributed by atoms with Gasteiger partial charge in [0.05, 0.1) is 51.6 Å². The predicted octanol–water partition coefficient (Wildman–Crippen LogP) is 8.96. The molecule has 362 valence electrons. The quantitative estimate of drug-likeness (QED) is 0.0938. The normalized spacial score (nSPS) is 25.3. The van der Waals surface area contributed by atoms with Crippen LogP contribution >= 0.6 is 0 Å². The summed E-state index contributed by atoms with van der Waals surface area (Å²) in [5.74, 6) is 3.40. The van der Waals surface area contributed by atoms with Crippen LogP contribution in [0.2, 0.25) is 0 Å². The molecule has 0 radical (unpaired) electrons. The Labute approximate surface area is 408 Å². The summed E-state index contributed by atoms with van der Waals surface area (Å²) < 4.78 is 37.5. The fraction of sp³-hybridized carbons (Fsp3) is 0.357. The zero-order valence-corrected chi connectivity index (χ0v) is 40.1. The Balaban J connectivity index is 1.16. The van der Waals surface area contributed by atoms with Crippen molar-refractivity contribution in [3.8, 4) is 34.1 Å². The molecule has 6 fully saturated rings. The van der Waals surface area contributed by atoms with Crippen molar-refractivity contribution in [1.29, 1.82) is 0 Å². The Hall–Kier alpha value is -7.16. The number of nitrogens with zero attached hydrogens (tertiary/aromatic N) is 4. The Morgan fingerprint density at radius 2 is 1.01 bits per heavy atom. The van der Waals surface area contributed by atoms with E-state index >= 15 is 0 Å². The van der Waals surface area contributed by atoms with Crippen molar-refractivity contribution in [3.05, 3.63) is 145 Å². The van der Waals surface area contributed by atoms with Gasteiger partial charge in [-0.25, -0.2) is 9.59 Å². The van der Waals surface area contributed by atoms with E-state index in [1.54, 1.807) is 40.8 Å². The molecule has 14 heteroatoms. The van der Waals surface area contributed by atoms with Crippen LogP contribution < -0.4 is 30.4 Å². The van der Waals surface area contributed by atoms with E-state index < -0.39 is 23.4 Å². The van der Waals surface area contributed by atoms with Crippen molar-refractivity contribution in [1.82, 2.24) is 19.8 Å². The summed E-state index contributed by atoms with van der Waals surface area (Å²) in [5.41, 5.74) is 15.0. The summed E-state index contributed by atoms with van der Waals surface area (Å²) in [4.78, 5) is 41.3. The standard InChI is InChI=1S/C56H60N6O8/c1-7-33-31-61-23-19-37(33)27-51(61)55(69-53(57)63,43-17-21-59-47-15-11-39(65-3)29-41(43)47)45-13-9-35(25-49(45)67-5)36-10-14-46(50(26-36)68-6)56(70-54(58)64,52-28-38-20-24-62(52)32-34(38)8-2)44-18-22-60-48-16-12-40(66-4)30-42(44)48/h7-18,21-22,25-26,29-30,33-34,37-38,51-52H,1-2,19-20,23-24,27-28,31-32H2,3-6H3,(H2,57,63)(H2,58,64)/t33-,34-,37-,38-,51-,52-,55+,56+/m0/s1. The van der Waals surface area contributed by atoms with E-state index in [0.717, 1.165) is 60.9 Å². The molecule has 0 saturated carbocycles. The van der Waals surface area contributed by atoms with Gasteiger partial charge in [-0.1, -0.05) is 36.4 Å². The molecule has 14 nitrogen and oxygen atoms in total. The number of nitrogens with two attached hydrogens (primary N) is 2. The number of fused-ring (bicyclic) bond motifs is 8. The molecule has 0 aliphatic carbocycles. The molecule has 6 aliphatic rings. The first kappa shape index (κ1) is 46.6. The zero-order valence-electron chi connectivity index (χ0n) is 40.1. The second kappa shape index (κ2) is 18.6. The van der Waals surface area contributed by atoms with Gasteiger partial charge in [0.15, 0.2) is 11.2 Å². The number of rotatable bonds is 15. The van der Waals surface area contributed by atoms with Crippen molar-refractivity contribution in [2.75, 3.05) is 54.6 Å². The number of aromatic nitrogens is 2. The average Bonchev–Trinajstić information content (AvgIpc) is 3.40. The number of methoxy groups -OCH3 is 4. The molecule has 4 aromatic carbocycles. The predicted molar refractivity (Wildman–Crippen MR) is 268 cm³/mol. The summed E-state index contributed by atoms with van der Waals surface area (Å²) in [6, 6.07) is 26.4. The highest BCUT2D eigenvalue weighted by molar-refractivity contribution is 5.88. The second-order valence-corrected chi connectivity index (χ2v) is 19.0. The molecule has 6 aliphatic heterocycles. The summed E-state index contributed by atoms with van der Waals surface area (Å²) in [5, 5.41) is 1.50. The molecule has 10 atom stereocenters. The van der Waals surface area contributed by atoms with Gasteiger partial charge in [-0.3, -0.25) is 19.8 Å². The number of pyridine rings is 2. The number of primary amides is 2. The Kier molecular flexibility index (Phi) is 12.4. The maximum atomic E-state index is 13.5. The Morgan fingerprint density at radius 3 is 1.36 bits per heavy atom. The maximum absolute atomic E-state index is 13.5. The van der Waals surface area contributed by atoms with Crippen LogP contribution in [0.5, 0.6) is 23.0 Å². The lowest BCUT2D eigenvalue weighted by Crippen LogP contribution is -2.62. The third-order valence-electron chi connectivity index (χ3n) is 15.9. The molecule has 4 N–H and O–H groups in total. The number of ether oxygens (including phenoxy) is 6. The highest BCUT2D eigenvalue weighted by atomic mass is 16.6. The molecule has 12 rings (SSSR count). The molecule has 8 heterocycles. The first-order chi connectivity index (χ1) is 34.0. The molecular weight excluding hydrogens is 885 g/mol. The van der Waals surface area contributed by atoms with Crippen LogP contribution in [0.4, 0.5) is 9.59 Å². The number of amides is 2. The minimum atomic E-state index is -1.46. The van der Waals surface area contributed by atoms with Gasteiger partial charge in [0, 0.05) is 58.5 Å². The van der Waals surface area contributed by atoms with Crippen LogP contribution in [0.15, 0.2) is 123 Å². The van der Waals surface area contributed by atoms with Crippen LogP contribution in [0.1, 0.15) is 47.9 Å². The first-order valence-corrected chi connectivity index (χ1v) is 23.9. The number of carbonyl (C=O) groups excluding carboxylic acids is 2. The number of carbonyl (C=O) groups is 2. The van der Waals surface area contributed by atoms with E-state index in [1.807, 2.05) is 97.1 Å². The topological polar surface area (TPSA) is 174 Å². The molecule has 2 unspecified atom stereocenters. The number of hydrogen-bond acceptors (Lipinski definition) is 12. The Morgan fingerprint density at radius 1 is 0.586 bits per heavy atom. The van der Waals surface area contributed by atoms with Crippen molar-refractivity contribution in [2.24, 2.45) is 35.1 Å². The van der Waals surface area contributed by atoms with Crippen molar-refractivity contribution >= 4 is 34.0 Å². The van der Waals surface area contributed by atoms with Crippen LogP contribution in [0.25, 0.3) is 32.9 Å². The van der Waals surface area contributed by atoms with Crippen molar-refractivity contribution < 1.29 is 38.0 Å². The van der Waals surface area contributed by atoms with Gasteiger partial charge < -0.3 is 39.9 Å². The molecule has 0 spiro atoms. The van der Waals surface area contributed by atoms with Crippen LogP contribution in [0, 0.1) is 23.7 Å². The number of benzene rings is 4. The van der Waals surface area contributed by atoms with E-state index in [1.165, 1.54) is 0 Å². The molecule has 6 aromatic rings. The van der Waals surface area contributed by atoms with Gasteiger partial charge in [0.1, 0.15) is 23.0 Å². The van der Waals surface area contributed by atoms with E-state index in [-0.39, 0.29) is 23.9 Å². The van der Waals surface area contributed by atoms with Gasteiger partial charge >= 0.3 is 12.2 Å². The summed E-state index contributed by atoms with van der Waals surface area (Å²) in [6.45, 7) is 11.5. The SMILES string of the molecule is C=C[C@H]1CN2CC[C@H]1C[C@H]2[C@](OC(N)=O)(c1ccc(-c2ccc([C@](OC(N)=O)(c3ccnc4ccc(OC)cc34)[C@@H]3C[C@@H]4CCN3C[C@@H]4C=C)c(OC)c2)cc1OC)c1ccnc2ccc(OC)cc12. The van der Waals surface area contributed by atoms with Crippen molar-refractivity contribution in [2.45, 2.75) is 49.0 Å². The fourth-order valence-corrected chi connectivity index (χ4v) is 12.7.